The number of benzene rings is 5. The van der Waals surface area contributed by atoms with Gasteiger partial charge in [0.25, 0.3) is 0 Å². The lowest BCUT2D eigenvalue weighted by atomic mass is 9.95. The van der Waals surface area contributed by atoms with Crippen molar-refractivity contribution < 1.29 is 4.42 Å². The summed E-state index contributed by atoms with van der Waals surface area (Å²) in [6.45, 7) is 0.905. The summed E-state index contributed by atoms with van der Waals surface area (Å²) >= 11 is 1.77. The van der Waals surface area contributed by atoms with E-state index in [1.54, 1.807) is 11.3 Å². The predicted molar refractivity (Wildman–Crippen MR) is 196 cm³/mol. The molecule has 1 aliphatic rings. The second kappa shape index (κ2) is 10.4. The van der Waals surface area contributed by atoms with Crippen LogP contribution in [0, 0.1) is 0 Å². The number of anilines is 2. The molecule has 222 valence electrons. The minimum atomic E-state index is 0.814. The van der Waals surface area contributed by atoms with E-state index in [1.807, 2.05) is 18.2 Å². The van der Waals surface area contributed by atoms with Gasteiger partial charge in [-0.15, -0.1) is 11.3 Å². The smallest absolute Gasteiger partial charge is 0.138 e. The molecule has 9 aromatic rings. The standard InChI is InChI=1S/C42H27N3OS/c1-5-15-31-26(10-1)20-21-32(43-31)41-30-14-9-17-34(45-23-22-27-11-2-6-16-33(27)45)39(30)40(36-24-28-12-3-7-18-35(28)46-36)42(44-41)38-25-29-13-4-8-19-37(29)47-38/h1-21,24-25H,22-23H2. The van der Waals surface area contributed by atoms with Gasteiger partial charge < -0.3 is 9.32 Å². The highest BCUT2D eigenvalue weighted by molar-refractivity contribution is 7.22. The number of para-hydroxylation sites is 3. The van der Waals surface area contributed by atoms with Gasteiger partial charge in [0.15, 0.2) is 0 Å². The first-order valence-electron chi connectivity index (χ1n) is 15.9. The third-order valence-electron chi connectivity index (χ3n) is 9.36. The van der Waals surface area contributed by atoms with Gasteiger partial charge in [-0.3, -0.25) is 0 Å². The van der Waals surface area contributed by atoms with Crippen molar-refractivity contribution in [1.82, 2.24) is 9.97 Å². The zero-order chi connectivity index (χ0) is 30.9. The second-order valence-corrected chi connectivity index (χ2v) is 13.2. The normalized spacial score (nSPS) is 12.9. The van der Waals surface area contributed by atoms with Crippen molar-refractivity contribution in [2.24, 2.45) is 0 Å². The second-order valence-electron chi connectivity index (χ2n) is 12.1. The van der Waals surface area contributed by atoms with E-state index in [-0.39, 0.29) is 0 Å². The van der Waals surface area contributed by atoms with Crippen LogP contribution in [0.15, 0.2) is 144 Å². The third kappa shape index (κ3) is 4.20. The van der Waals surface area contributed by atoms with Crippen LogP contribution < -0.4 is 4.90 Å². The van der Waals surface area contributed by atoms with Gasteiger partial charge in [-0.05, 0) is 65.9 Å². The molecule has 0 saturated carbocycles. The number of rotatable bonds is 4. The fourth-order valence-corrected chi connectivity index (χ4v) is 8.23. The zero-order valence-corrected chi connectivity index (χ0v) is 26.2. The van der Waals surface area contributed by atoms with Gasteiger partial charge in [0.2, 0.25) is 0 Å². The van der Waals surface area contributed by atoms with Crippen molar-refractivity contribution in [3.8, 4) is 33.3 Å². The minimum absolute atomic E-state index is 0.814. The summed E-state index contributed by atoms with van der Waals surface area (Å²) in [4.78, 5) is 14.3. The van der Waals surface area contributed by atoms with Crippen LogP contribution in [0.1, 0.15) is 5.56 Å². The van der Waals surface area contributed by atoms with Gasteiger partial charge in [-0.1, -0.05) is 91.0 Å². The van der Waals surface area contributed by atoms with Crippen LogP contribution in [0.25, 0.3) is 76.0 Å². The maximum Gasteiger partial charge on any atom is 0.138 e. The summed E-state index contributed by atoms with van der Waals surface area (Å²) in [5.41, 5.74) is 9.21. The van der Waals surface area contributed by atoms with Crippen LogP contribution in [-0.4, -0.2) is 16.5 Å². The summed E-state index contributed by atoms with van der Waals surface area (Å²) in [5.74, 6) is 0.814. The van der Waals surface area contributed by atoms with Crippen LogP contribution in [0.3, 0.4) is 0 Å². The van der Waals surface area contributed by atoms with Gasteiger partial charge in [-0.25, -0.2) is 9.97 Å². The van der Waals surface area contributed by atoms with E-state index >= 15 is 0 Å². The average Bonchev–Trinajstić information content (AvgIpc) is 3.87. The summed E-state index contributed by atoms with van der Waals surface area (Å²) in [6.07, 6.45) is 1.000. The number of aromatic nitrogens is 2. The average molecular weight is 622 g/mol. The van der Waals surface area contributed by atoms with Gasteiger partial charge >= 0.3 is 0 Å². The molecule has 0 aliphatic carbocycles. The van der Waals surface area contributed by atoms with Crippen molar-refractivity contribution >= 4 is 65.4 Å². The van der Waals surface area contributed by atoms with Crippen molar-refractivity contribution in [3.63, 3.8) is 0 Å². The monoisotopic (exact) mass is 621 g/mol. The Labute approximate surface area is 275 Å². The molecule has 10 rings (SSSR count). The van der Waals surface area contributed by atoms with E-state index in [9.17, 15) is 0 Å². The van der Waals surface area contributed by atoms with Crippen LogP contribution >= 0.6 is 11.3 Å². The summed E-state index contributed by atoms with van der Waals surface area (Å²) < 4.78 is 7.95. The topological polar surface area (TPSA) is 42.2 Å². The fraction of sp³-hybridized carbons (Fsp3) is 0.0476. The highest BCUT2D eigenvalue weighted by atomic mass is 32.1. The van der Waals surface area contributed by atoms with Crippen molar-refractivity contribution in [1.29, 1.82) is 0 Å². The van der Waals surface area contributed by atoms with Crippen LogP contribution in [0.2, 0.25) is 0 Å². The Morgan fingerprint density at radius 3 is 2.32 bits per heavy atom. The Hall–Kier alpha value is -5.78. The first-order chi connectivity index (χ1) is 23.3. The molecule has 0 unspecified atom stereocenters. The first-order valence-corrected chi connectivity index (χ1v) is 16.8. The van der Waals surface area contributed by atoms with E-state index in [0.29, 0.717) is 0 Å². The quantitative estimate of drug-likeness (QED) is 0.196. The Balaban J connectivity index is 1.36. The lowest BCUT2D eigenvalue weighted by Gasteiger charge is -2.24. The van der Waals surface area contributed by atoms with Crippen LogP contribution in [0.4, 0.5) is 11.4 Å². The van der Waals surface area contributed by atoms with Crippen LogP contribution in [0.5, 0.6) is 0 Å². The van der Waals surface area contributed by atoms with Gasteiger partial charge in [0.05, 0.1) is 33.0 Å². The number of fused-ring (bicyclic) bond motifs is 5. The summed E-state index contributed by atoms with van der Waals surface area (Å²) in [7, 11) is 0. The third-order valence-corrected chi connectivity index (χ3v) is 10.5. The lowest BCUT2D eigenvalue weighted by Crippen LogP contribution is -2.14. The van der Waals surface area contributed by atoms with Crippen LogP contribution in [-0.2, 0) is 6.42 Å². The summed E-state index contributed by atoms with van der Waals surface area (Å²) in [5, 5.41) is 5.56. The fourth-order valence-electron chi connectivity index (χ4n) is 7.17. The van der Waals surface area contributed by atoms with Gasteiger partial charge in [0.1, 0.15) is 11.3 Å². The number of pyridine rings is 2. The van der Waals surface area contributed by atoms with E-state index < -0.39 is 0 Å². The van der Waals surface area contributed by atoms with E-state index in [0.717, 1.165) is 84.6 Å². The molecule has 0 radical (unpaired) electrons. The molecule has 4 aromatic heterocycles. The highest BCUT2D eigenvalue weighted by Gasteiger charge is 2.28. The molecule has 0 spiro atoms. The number of hydrogen-bond acceptors (Lipinski definition) is 5. The number of furan rings is 1. The molecule has 5 heteroatoms. The number of nitrogens with zero attached hydrogens (tertiary/aromatic N) is 3. The molecule has 0 atom stereocenters. The highest BCUT2D eigenvalue weighted by Crippen LogP contribution is 2.49. The van der Waals surface area contributed by atoms with Gasteiger partial charge in [-0.2, -0.15) is 0 Å². The largest absolute Gasteiger partial charge is 0.456 e. The maximum atomic E-state index is 6.72. The summed E-state index contributed by atoms with van der Waals surface area (Å²) in [6, 6.07) is 49.1. The van der Waals surface area contributed by atoms with E-state index in [2.05, 4.69) is 126 Å². The SMILES string of the molecule is c1ccc2c(c1)CCN2c1cccc2c(-c3ccc4ccccc4n3)nc(-c3cc4ccccc4s3)c(-c3cc4ccccc4o3)c12. The zero-order valence-electron chi connectivity index (χ0n) is 25.4. The molecule has 0 fully saturated rings. The van der Waals surface area contributed by atoms with Crippen molar-refractivity contribution in [3.05, 3.63) is 145 Å². The van der Waals surface area contributed by atoms with Crippen molar-refractivity contribution in [2.75, 3.05) is 11.4 Å². The Bertz CT molecular complexity index is 2600. The Kier molecular flexibility index (Phi) is 5.84. The molecule has 0 amide bonds. The van der Waals surface area contributed by atoms with E-state index in [1.165, 1.54) is 21.3 Å². The molecule has 0 bridgehead atoms. The molecule has 4 nitrogen and oxygen atoms in total. The molecule has 1 aliphatic heterocycles. The molecular formula is C42H27N3OS. The molecule has 0 saturated heterocycles. The predicted octanol–water partition coefficient (Wildman–Crippen LogP) is 11.4. The molecule has 47 heavy (non-hydrogen) atoms. The number of thiophene rings is 1. The molecular weight excluding hydrogens is 595 g/mol. The van der Waals surface area contributed by atoms with Crippen molar-refractivity contribution in [2.45, 2.75) is 6.42 Å². The first kappa shape index (κ1) is 26.4. The molecule has 5 heterocycles. The molecule has 0 N–H and O–H groups in total. The molecule has 5 aromatic carbocycles. The van der Waals surface area contributed by atoms with E-state index in [4.69, 9.17) is 14.4 Å². The minimum Gasteiger partial charge on any atom is -0.456 e. The maximum absolute atomic E-state index is 6.72. The Morgan fingerprint density at radius 1 is 0.617 bits per heavy atom. The number of hydrogen-bond donors (Lipinski definition) is 0. The Morgan fingerprint density at radius 2 is 1.40 bits per heavy atom. The van der Waals surface area contributed by atoms with Gasteiger partial charge in [0, 0.05) is 44.2 Å². The lowest BCUT2D eigenvalue weighted by molar-refractivity contribution is 0.632.